The fraction of sp³-hybridized carbons (Fsp3) is 0.188. The van der Waals surface area contributed by atoms with Gasteiger partial charge in [-0.3, -0.25) is 4.98 Å². The van der Waals surface area contributed by atoms with Crippen LogP contribution < -0.4 is 5.32 Å². The van der Waals surface area contributed by atoms with E-state index < -0.39 is 0 Å². The number of fused-ring (bicyclic) bond motifs is 1. The van der Waals surface area contributed by atoms with Crippen LogP contribution in [-0.2, 0) is 0 Å². The van der Waals surface area contributed by atoms with Gasteiger partial charge in [-0.15, -0.1) is 11.3 Å². The van der Waals surface area contributed by atoms with Gasteiger partial charge in [0.2, 0.25) is 0 Å². The second-order valence-corrected chi connectivity index (χ2v) is 6.30. The molecule has 0 aliphatic heterocycles. The Kier molecular flexibility index (Phi) is 4.01. The number of benzene rings is 1. The average molecular weight is 303 g/mol. The molecule has 2 heterocycles. The topological polar surface area (TPSA) is 24.9 Å². The zero-order valence-electron chi connectivity index (χ0n) is 11.1. The molecule has 102 valence electrons. The van der Waals surface area contributed by atoms with Crippen molar-refractivity contribution in [2.45, 2.75) is 13.0 Å². The van der Waals surface area contributed by atoms with Crippen molar-refractivity contribution in [3.63, 3.8) is 0 Å². The lowest BCUT2D eigenvalue weighted by Gasteiger charge is -2.18. The first-order valence-corrected chi connectivity index (χ1v) is 7.81. The molecule has 0 bridgehead atoms. The van der Waals surface area contributed by atoms with Crippen LogP contribution in [0.1, 0.15) is 23.4 Å². The minimum Gasteiger partial charge on any atom is -0.306 e. The number of aromatic nitrogens is 1. The summed E-state index contributed by atoms with van der Waals surface area (Å²) in [6.07, 6.45) is 1.87. The van der Waals surface area contributed by atoms with Gasteiger partial charge in [0.25, 0.3) is 0 Å². The van der Waals surface area contributed by atoms with E-state index in [9.17, 15) is 0 Å². The molecule has 1 N–H and O–H groups in total. The number of halogens is 1. The van der Waals surface area contributed by atoms with Gasteiger partial charge < -0.3 is 5.32 Å². The Balaban J connectivity index is 2.14. The van der Waals surface area contributed by atoms with Crippen LogP contribution in [0.4, 0.5) is 0 Å². The normalized spacial score (nSPS) is 12.7. The van der Waals surface area contributed by atoms with Gasteiger partial charge in [-0.2, -0.15) is 0 Å². The van der Waals surface area contributed by atoms with Gasteiger partial charge in [-0.25, -0.2) is 0 Å². The Labute approximate surface area is 127 Å². The quantitative estimate of drug-likeness (QED) is 0.759. The SMILES string of the molecule is CCNC(c1ccc(Cl)s1)c1ccnc2ccccc12. The van der Waals surface area contributed by atoms with Crippen molar-refractivity contribution < 1.29 is 0 Å². The Morgan fingerprint density at radius 1 is 1.20 bits per heavy atom. The summed E-state index contributed by atoms with van der Waals surface area (Å²) >= 11 is 7.71. The van der Waals surface area contributed by atoms with E-state index >= 15 is 0 Å². The molecule has 20 heavy (non-hydrogen) atoms. The molecule has 0 aliphatic carbocycles. The maximum Gasteiger partial charge on any atom is 0.0931 e. The predicted molar refractivity (Wildman–Crippen MR) is 86.6 cm³/mol. The van der Waals surface area contributed by atoms with E-state index in [1.807, 2.05) is 24.4 Å². The molecule has 0 saturated carbocycles. The number of thiophene rings is 1. The molecular formula is C16H15ClN2S. The highest BCUT2D eigenvalue weighted by molar-refractivity contribution is 7.16. The predicted octanol–water partition coefficient (Wildman–Crippen LogP) is 4.65. The smallest absolute Gasteiger partial charge is 0.0931 e. The second kappa shape index (κ2) is 5.92. The number of rotatable bonds is 4. The third-order valence-corrected chi connectivity index (χ3v) is 4.58. The largest absolute Gasteiger partial charge is 0.306 e. The third kappa shape index (κ3) is 2.57. The summed E-state index contributed by atoms with van der Waals surface area (Å²) in [6, 6.07) is 14.5. The minimum absolute atomic E-state index is 0.158. The van der Waals surface area contributed by atoms with Crippen LogP contribution in [0.2, 0.25) is 4.34 Å². The summed E-state index contributed by atoms with van der Waals surface area (Å²) in [5.41, 5.74) is 2.27. The van der Waals surface area contributed by atoms with Crippen LogP contribution in [0.15, 0.2) is 48.7 Å². The summed E-state index contributed by atoms with van der Waals surface area (Å²) in [5.74, 6) is 0. The summed E-state index contributed by atoms with van der Waals surface area (Å²) in [7, 11) is 0. The van der Waals surface area contributed by atoms with Crippen LogP contribution in [0.3, 0.4) is 0 Å². The molecule has 1 atom stereocenters. The number of pyridine rings is 1. The first-order chi connectivity index (χ1) is 9.79. The van der Waals surface area contributed by atoms with Crippen molar-refractivity contribution in [2.75, 3.05) is 6.54 Å². The van der Waals surface area contributed by atoms with Crippen LogP contribution >= 0.6 is 22.9 Å². The molecule has 0 aliphatic rings. The van der Waals surface area contributed by atoms with Crippen molar-refractivity contribution in [3.8, 4) is 0 Å². The highest BCUT2D eigenvalue weighted by atomic mass is 35.5. The maximum absolute atomic E-state index is 6.09. The lowest BCUT2D eigenvalue weighted by Crippen LogP contribution is -2.21. The number of hydrogen-bond donors (Lipinski definition) is 1. The lowest BCUT2D eigenvalue weighted by molar-refractivity contribution is 0.643. The van der Waals surface area contributed by atoms with Gasteiger partial charge in [-0.05, 0) is 36.4 Å². The first kappa shape index (κ1) is 13.6. The zero-order valence-corrected chi connectivity index (χ0v) is 12.7. The Bertz CT molecular complexity index is 718. The summed E-state index contributed by atoms with van der Waals surface area (Å²) in [5, 5.41) is 4.73. The van der Waals surface area contributed by atoms with Gasteiger partial charge in [0.05, 0.1) is 15.9 Å². The molecular weight excluding hydrogens is 288 g/mol. The van der Waals surface area contributed by atoms with Crippen LogP contribution in [0.25, 0.3) is 10.9 Å². The molecule has 0 spiro atoms. The van der Waals surface area contributed by atoms with E-state index in [1.165, 1.54) is 15.8 Å². The van der Waals surface area contributed by atoms with Crippen molar-refractivity contribution in [1.29, 1.82) is 0 Å². The Morgan fingerprint density at radius 2 is 2.05 bits per heavy atom. The number of para-hydroxylation sites is 1. The number of hydrogen-bond acceptors (Lipinski definition) is 3. The van der Waals surface area contributed by atoms with Gasteiger partial charge in [0.1, 0.15) is 0 Å². The molecule has 0 radical (unpaired) electrons. The molecule has 3 aromatic rings. The fourth-order valence-corrected chi connectivity index (χ4v) is 3.58. The van der Waals surface area contributed by atoms with Gasteiger partial charge >= 0.3 is 0 Å². The van der Waals surface area contributed by atoms with E-state index in [0.717, 1.165) is 16.4 Å². The van der Waals surface area contributed by atoms with E-state index in [2.05, 4.69) is 41.5 Å². The summed E-state index contributed by atoms with van der Waals surface area (Å²) < 4.78 is 0.821. The van der Waals surface area contributed by atoms with Crippen LogP contribution in [0, 0.1) is 0 Å². The molecule has 4 heteroatoms. The molecule has 0 fully saturated rings. The van der Waals surface area contributed by atoms with Crippen LogP contribution in [0.5, 0.6) is 0 Å². The van der Waals surface area contributed by atoms with Crippen molar-refractivity contribution in [2.24, 2.45) is 0 Å². The highest BCUT2D eigenvalue weighted by Crippen LogP contribution is 2.33. The molecule has 3 rings (SSSR count). The maximum atomic E-state index is 6.09. The number of nitrogens with zero attached hydrogens (tertiary/aromatic N) is 1. The van der Waals surface area contributed by atoms with E-state index in [4.69, 9.17) is 11.6 Å². The van der Waals surface area contributed by atoms with E-state index in [1.54, 1.807) is 11.3 Å². The molecule has 2 nitrogen and oxygen atoms in total. The summed E-state index contributed by atoms with van der Waals surface area (Å²) in [4.78, 5) is 5.66. The van der Waals surface area contributed by atoms with E-state index in [-0.39, 0.29) is 6.04 Å². The van der Waals surface area contributed by atoms with Gasteiger partial charge in [0, 0.05) is 16.5 Å². The molecule has 2 aromatic heterocycles. The standard InChI is InChI=1S/C16H15ClN2S/c1-2-18-16(14-7-8-15(17)20-14)12-9-10-19-13-6-4-3-5-11(12)13/h3-10,16,18H,2H2,1H3. The van der Waals surface area contributed by atoms with E-state index in [0.29, 0.717) is 0 Å². The molecule has 1 aromatic carbocycles. The van der Waals surface area contributed by atoms with Crippen molar-refractivity contribution >= 4 is 33.8 Å². The second-order valence-electron chi connectivity index (χ2n) is 4.55. The third-order valence-electron chi connectivity index (χ3n) is 3.28. The monoisotopic (exact) mass is 302 g/mol. The lowest BCUT2D eigenvalue weighted by atomic mass is 10.0. The fourth-order valence-electron chi connectivity index (χ4n) is 2.42. The Morgan fingerprint density at radius 3 is 2.80 bits per heavy atom. The van der Waals surface area contributed by atoms with Crippen molar-refractivity contribution in [1.82, 2.24) is 10.3 Å². The molecule has 1 unspecified atom stereocenters. The molecule has 0 amide bonds. The van der Waals surface area contributed by atoms with Crippen LogP contribution in [-0.4, -0.2) is 11.5 Å². The first-order valence-electron chi connectivity index (χ1n) is 6.62. The highest BCUT2D eigenvalue weighted by Gasteiger charge is 2.17. The molecule has 0 saturated heterocycles. The van der Waals surface area contributed by atoms with Gasteiger partial charge in [-0.1, -0.05) is 36.7 Å². The van der Waals surface area contributed by atoms with Gasteiger partial charge in [0.15, 0.2) is 0 Å². The number of nitrogens with one attached hydrogen (secondary N) is 1. The average Bonchev–Trinajstić information content (AvgIpc) is 2.91. The van der Waals surface area contributed by atoms with Crippen molar-refractivity contribution in [3.05, 3.63) is 63.4 Å². The minimum atomic E-state index is 0.158. The Hall–Kier alpha value is -1.42. The zero-order chi connectivity index (χ0) is 13.9. The summed E-state index contributed by atoms with van der Waals surface area (Å²) in [6.45, 7) is 3.02.